The predicted octanol–water partition coefficient (Wildman–Crippen LogP) is 3.73. The van der Waals surface area contributed by atoms with Crippen molar-refractivity contribution in [2.75, 3.05) is 20.8 Å². The van der Waals surface area contributed by atoms with Crippen molar-refractivity contribution in [2.45, 2.75) is 12.6 Å². The van der Waals surface area contributed by atoms with Crippen LogP contribution in [-0.2, 0) is 6.42 Å². The van der Waals surface area contributed by atoms with E-state index in [-0.39, 0.29) is 5.56 Å². The van der Waals surface area contributed by atoms with Crippen molar-refractivity contribution in [3.8, 4) is 11.5 Å². The number of alkyl halides is 3. The lowest BCUT2D eigenvalue weighted by Crippen LogP contribution is -2.33. The summed E-state index contributed by atoms with van der Waals surface area (Å²) < 4.78 is 52.8. The Morgan fingerprint density at radius 1 is 1.11 bits per heavy atom. The third-order valence-corrected chi connectivity index (χ3v) is 3.95. The zero-order chi connectivity index (χ0) is 20.3. The number of hydrogen-bond acceptors (Lipinski definition) is 5. The number of carbonyl (C=O) groups excluding carboxylic acids is 1. The third kappa shape index (κ3) is 4.54. The number of hydrogen-bond donors (Lipinski definition) is 1. The van der Waals surface area contributed by atoms with Crippen molar-refractivity contribution in [3.63, 3.8) is 0 Å². The second-order valence-electron chi connectivity index (χ2n) is 5.95. The van der Waals surface area contributed by atoms with Gasteiger partial charge in [0.1, 0.15) is 12.1 Å². The molecule has 0 radical (unpaired) electrons. The molecule has 0 saturated carbocycles. The van der Waals surface area contributed by atoms with Crippen LogP contribution < -0.4 is 14.8 Å². The molecular weight excluding hydrogens is 377 g/mol. The Hall–Kier alpha value is -3.23. The molecule has 3 rings (SSSR count). The van der Waals surface area contributed by atoms with Crippen molar-refractivity contribution in [2.24, 2.45) is 0 Å². The minimum absolute atomic E-state index is 0.0607. The van der Waals surface area contributed by atoms with Gasteiger partial charge in [0.05, 0.1) is 14.2 Å². The van der Waals surface area contributed by atoms with Gasteiger partial charge < -0.3 is 19.2 Å². The number of nitrogens with one attached hydrogen (secondary N) is 1. The highest BCUT2D eigenvalue weighted by Crippen LogP contribution is 2.29. The molecule has 28 heavy (non-hydrogen) atoms. The molecule has 0 bridgehead atoms. The summed E-state index contributed by atoms with van der Waals surface area (Å²) in [4.78, 5) is 16.2. The molecule has 9 heteroatoms. The van der Waals surface area contributed by atoms with Gasteiger partial charge in [0.15, 0.2) is 23.0 Å². The number of amides is 1. The molecule has 0 unspecified atom stereocenters. The Labute approximate surface area is 158 Å². The Kier molecular flexibility index (Phi) is 5.43. The average molecular weight is 394 g/mol. The number of nitrogens with zero attached hydrogens (tertiary/aromatic N) is 1. The number of aromatic nitrogens is 1. The van der Waals surface area contributed by atoms with Crippen LogP contribution >= 0.6 is 0 Å². The van der Waals surface area contributed by atoms with Gasteiger partial charge >= 0.3 is 6.18 Å². The smallest absolute Gasteiger partial charge is 0.405 e. The number of carbonyl (C=O) groups is 1. The number of rotatable bonds is 6. The zero-order valence-electron chi connectivity index (χ0n) is 15.1. The van der Waals surface area contributed by atoms with E-state index in [1.807, 2.05) is 11.4 Å². The van der Waals surface area contributed by atoms with Crippen molar-refractivity contribution < 1.29 is 31.9 Å². The van der Waals surface area contributed by atoms with Gasteiger partial charge in [-0.2, -0.15) is 13.2 Å². The maximum absolute atomic E-state index is 12.2. The Balaban J connectivity index is 1.78. The van der Waals surface area contributed by atoms with E-state index in [9.17, 15) is 18.0 Å². The fourth-order valence-corrected chi connectivity index (χ4v) is 2.64. The Bertz CT molecular complexity index is 998. The predicted molar refractivity (Wildman–Crippen MR) is 94.7 cm³/mol. The second-order valence-corrected chi connectivity index (χ2v) is 5.95. The molecule has 6 nitrogen and oxygen atoms in total. The first-order chi connectivity index (χ1) is 13.3. The van der Waals surface area contributed by atoms with Crippen LogP contribution in [-0.4, -0.2) is 37.8 Å². The highest BCUT2D eigenvalue weighted by molar-refractivity contribution is 5.97. The molecule has 3 aromatic rings. The van der Waals surface area contributed by atoms with E-state index in [1.165, 1.54) is 25.3 Å². The highest BCUT2D eigenvalue weighted by Gasteiger charge is 2.28. The molecule has 1 N–H and O–H groups in total. The van der Waals surface area contributed by atoms with E-state index in [0.29, 0.717) is 34.9 Å². The van der Waals surface area contributed by atoms with E-state index in [2.05, 4.69) is 4.98 Å². The molecule has 0 aliphatic carbocycles. The largest absolute Gasteiger partial charge is 0.493 e. The number of methoxy groups -OCH3 is 2. The van der Waals surface area contributed by atoms with Crippen LogP contribution in [0.1, 0.15) is 21.8 Å². The van der Waals surface area contributed by atoms with Gasteiger partial charge in [-0.05, 0) is 35.9 Å². The minimum Gasteiger partial charge on any atom is -0.493 e. The number of fused-ring (bicyclic) bond motifs is 1. The molecule has 0 aliphatic rings. The van der Waals surface area contributed by atoms with Crippen LogP contribution in [0, 0.1) is 0 Å². The molecule has 0 atom stereocenters. The monoisotopic (exact) mass is 394 g/mol. The van der Waals surface area contributed by atoms with E-state index in [1.54, 1.807) is 19.2 Å². The average Bonchev–Trinajstić information content (AvgIpc) is 3.06. The first kappa shape index (κ1) is 19.5. The summed E-state index contributed by atoms with van der Waals surface area (Å²) in [6.45, 7) is -1.40. The Morgan fingerprint density at radius 2 is 1.86 bits per heavy atom. The SMILES string of the molecule is COc1ccc(Cc2nc3ccc(C(=O)NCC(F)(F)F)cc3o2)cc1OC. The first-order valence-electron chi connectivity index (χ1n) is 8.24. The summed E-state index contributed by atoms with van der Waals surface area (Å²) in [5.41, 5.74) is 1.75. The van der Waals surface area contributed by atoms with Gasteiger partial charge in [0.25, 0.3) is 5.91 Å². The molecule has 2 aromatic carbocycles. The topological polar surface area (TPSA) is 73.6 Å². The standard InChI is InChI=1S/C19H17F3N2O4/c1-26-14-6-3-11(7-16(14)27-2)8-17-24-13-5-4-12(9-15(13)28-17)18(25)23-10-19(20,21)22/h3-7,9H,8,10H2,1-2H3,(H,23,25). The van der Waals surface area contributed by atoms with Crippen LogP contribution in [0.25, 0.3) is 11.1 Å². The molecular formula is C19H17F3N2O4. The van der Waals surface area contributed by atoms with E-state index in [4.69, 9.17) is 13.9 Å². The highest BCUT2D eigenvalue weighted by atomic mass is 19.4. The summed E-state index contributed by atoms with van der Waals surface area (Å²) in [5.74, 6) is 0.727. The Morgan fingerprint density at radius 3 is 2.54 bits per heavy atom. The lowest BCUT2D eigenvalue weighted by atomic mass is 10.1. The molecule has 0 spiro atoms. The van der Waals surface area contributed by atoms with Crippen LogP contribution in [0.15, 0.2) is 40.8 Å². The van der Waals surface area contributed by atoms with Crippen molar-refractivity contribution >= 4 is 17.0 Å². The van der Waals surface area contributed by atoms with Gasteiger partial charge in [0, 0.05) is 12.0 Å². The maximum Gasteiger partial charge on any atom is 0.405 e. The first-order valence-corrected chi connectivity index (χ1v) is 8.24. The summed E-state index contributed by atoms with van der Waals surface area (Å²) in [5, 5.41) is 1.82. The van der Waals surface area contributed by atoms with E-state index in [0.717, 1.165) is 5.56 Å². The quantitative estimate of drug-likeness (QED) is 0.690. The number of benzene rings is 2. The van der Waals surface area contributed by atoms with Crippen molar-refractivity contribution in [3.05, 3.63) is 53.4 Å². The van der Waals surface area contributed by atoms with Gasteiger partial charge in [-0.15, -0.1) is 0 Å². The van der Waals surface area contributed by atoms with Gasteiger partial charge in [-0.25, -0.2) is 4.98 Å². The maximum atomic E-state index is 12.2. The van der Waals surface area contributed by atoms with Crippen LogP contribution in [0.2, 0.25) is 0 Å². The normalized spacial score (nSPS) is 11.5. The molecule has 0 fully saturated rings. The van der Waals surface area contributed by atoms with Crippen molar-refractivity contribution in [1.29, 1.82) is 0 Å². The molecule has 1 aromatic heterocycles. The van der Waals surface area contributed by atoms with Crippen molar-refractivity contribution in [1.82, 2.24) is 10.3 Å². The molecule has 0 saturated heterocycles. The lowest BCUT2D eigenvalue weighted by Gasteiger charge is -2.08. The summed E-state index contributed by atoms with van der Waals surface area (Å²) >= 11 is 0. The number of oxazole rings is 1. The zero-order valence-corrected chi connectivity index (χ0v) is 15.1. The number of halogens is 3. The van der Waals surface area contributed by atoms with Gasteiger partial charge in [0.2, 0.25) is 0 Å². The minimum atomic E-state index is -4.47. The van der Waals surface area contributed by atoms with Gasteiger partial charge in [-0.1, -0.05) is 6.07 Å². The molecule has 1 heterocycles. The van der Waals surface area contributed by atoms with Crippen LogP contribution in [0.5, 0.6) is 11.5 Å². The fraction of sp³-hybridized carbons (Fsp3) is 0.263. The van der Waals surface area contributed by atoms with Crippen LogP contribution in [0.4, 0.5) is 13.2 Å². The van der Waals surface area contributed by atoms with E-state index < -0.39 is 18.6 Å². The number of ether oxygens (including phenoxy) is 2. The molecule has 0 aliphatic heterocycles. The van der Waals surface area contributed by atoms with E-state index >= 15 is 0 Å². The fourth-order valence-electron chi connectivity index (χ4n) is 2.64. The summed E-state index contributed by atoms with van der Waals surface area (Å²) in [7, 11) is 3.08. The molecule has 148 valence electrons. The second kappa shape index (κ2) is 7.79. The summed E-state index contributed by atoms with van der Waals surface area (Å²) in [6.07, 6.45) is -4.11. The summed E-state index contributed by atoms with van der Waals surface area (Å²) in [6, 6.07) is 9.69. The molecule has 1 amide bonds. The van der Waals surface area contributed by atoms with Gasteiger partial charge in [-0.3, -0.25) is 4.79 Å². The van der Waals surface area contributed by atoms with Crippen LogP contribution in [0.3, 0.4) is 0 Å². The lowest BCUT2D eigenvalue weighted by molar-refractivity contribution is -0.123. The third-order valence-electron chi connectivity index (χ3n) is 3.95.